The maximum absolute atomic E-state index is 12.8. The molecule has 1 fully saturated rings. The summed E-state index contributed by atoms with van der Waals surface area (Å²) in [7, 11) is 1.56. The second-order valence-corrected chi connectivity index (χ2v) is 6.94. The van der Waals surface area contributed by atoms with Crippen LogP contribution in [0.4, 0.5) is 5.69 Å². The van der Waals surface area contributed by atoms with Crippen molar-refractivity contribution in [3.63, 3.8) is 0 Å². The molecule has 0 aliphatic carbocycles. The van der Waals surface area contributed by atoms with Crippen LogP contribution >= 0.6 is 11.8 Å². The molecule has 5 nitrogen and oxygen atoms in total. The largest absolute Gasteiger partial charge is 0.497 e. The van der Waals surface area contributed by atoms with Crippen LogP contribution in [0.5, 0.6) is 5.75 Å². The normalized spacial score (nSPS) is 25.4. The number of rotatable bonds is 2. The van der Waals surface area contributed by atoms with Crippen molar-refractivity contribution in [2.24, 2.45) is 5.92 Å². The molecule has 122 valence electrons. The van der Waals surface area contributed by atoms with Gasteiger partial charge in [-0.05, 0) is 35.9 Å². The number of hydrogen-bond donors (Lipinski definition) is 1. The zero-order valence-corrected chi connectivity index (χ0v) is 13.7. The number of thioether (sulfide) groups is 1. The summed E-state index contributed by atoms with van der Waals surface area (Å²) < 4.78 is 5.11. The van der Waals surface area contributed by atoms with Gasteiger partial charge in [0.25, 0.3) is 0 Å². The number of imide groups is 1. The molecular formula is C18H15NO4S. The van der Waals surface area contributed by atoms with E-state index in [1.54, 1.807) is 37.4 Å². The first-order valence-corrected chi connectivity index (χ1v) is 8.45. The molecule has 0 bridgehead atoms. The van der Waals surface area contributed by atoms with Gasteiger partial charge in [0.1, 0.15) is 11.0 Å². The van der Waals surface area contributed by atoms with E-state index in [9.17, 15) is 14.7 Å². The van der Waals surface area contributed by atoms with Gasteiger partial charge in [-0.3, -0.25) is 9.59 Å². The summed E-state index contributed by atoms with van der Waals surface area (Å²) in [6, 6.07) is 14.1. The highest BCUT2D eigenvalue weighted by Crippen LogP contribution is 2.49. The quantitative estimate of drug-likeness (QED) is 0.850. The minimum Gasteiger partial charge on any atom is -0.497 e. The minimum absolute atomic E-state index is 0.284. The Morgan fingerprint density at radius 2 is 1.75 bits per heavy atom. The Balaban J connectivity index is 1.72. The van der Waals surface area contributed by atoms with Gasteiger partial charge in [-0.25, -0.2) is 4.90 Å². The number of aliphatic hydroxyl groups excluding tert-OH is 1. The lowest BCUT2D eigenvalue weighted by molar-refractivity contribution is -0.124. The number of carbonyl (C=O) groups is 2. The highest BCUT2D eigenvalue weighted by atomic mass is 32.2. The van der Waals surface area contributed by atoms with Gasteiger partial charge in [-0.15, -0.1) is 11.8 Å². The van der Waals surface area contributed by atoms with Crippen LogP contribution in [0, 0.1) is 5.92 Å². The van der Waals surface area contributed by atoms with E-state index in [-0.39, 0.29) is 11.8 Å². The van der Waals surface area contributed by atoms with Crippen molar-refractivity contribution in [1.82, 2.24) is 0 Å². The molecule has 0 aromatic heterocycles. The Labute approximate surface area is 143 Å². The third-order valence-electron chi connectivity index (χ3n) is 4.46. The Bertz CT molecular complexity index is 820. The number of ether oxygens (including phenoxy) is 1. The first kappa shape index (κ1) is 15.2. The minimum atomic E-state index is -0.966. The van der Waals surface area contributed by atoms with Crippen LogP contribution in [-0.4, -0.2) is 29.3 Å². The summed E-state index contributed by atoms with van der Waals surface area (Å²) in [5.41, 5.74) is 1.21. The number of methoxy groups -OCH3 is 1. The molecule has 2 aliphatic rings. The van der Waals surface area contributed by atoms with Crippen LogP contribution in [0.1, 0.15) is 11.7 Å². The molecule has 4 rings (SSSR count). The summed E-state index contributed by atoms with van der Waals surface area (Å²) in [6.07, 6.45) is -0.966. The Kier molecular flexibility index (Phi) is 3.58. The molecule has 2 aromatic rings. The van der Waals surface area contributed by atoms with Gasteiger partial charge in [0, 0.05) is 4.90 Å². The van der Waals surface area contributed by atoms with Gasteiger partial charge < -0.3 is 9.84 Å². The predicted octanol–water partition coefficient (Wildman–Crippen LogP) is 2.39. The Hall–Kier alpha value is -2.31. The third kappa shape index (κ3) is 2.14. The van der Waals surface area contributed by atoms with E-state index in [2.05, 4.69) is 0 Å². The van der Waals surface area contributed by atoms with E-state index in [1.807, 2.05) is 18.2 Å². The Morgan fingerprint density at radius 1 is 1.04 bits per heavy atom. The molecule has 6 heteroatoms. The summed E-state index contributed by atoms with van der Waals surface area (Å²) in [6.45, 7) is 0. The fraction of sp³-hybridized carbons (Fsp3) is 0.222. The van der Waals surface area contributed by atoms with Crippen molar-refractivity contribution in [1.29, 1.82) is 0 Å². The first-order valence-electron chi connectivity index (χ1n) is 7.57. The fourth-order valence-electron chi connectivity index (χ4n) is 3.24. The number of benzene rings is 2. The molecule has 2 heterocycles. The number of nitrogens with zero attached hydrogens (tertiary/aromatic N) is 1. The molecule has 2 aromatic carbocycles. The molecule has 2 aliphatic heterocycles. The zero-order chi connectivity index (χ0) is 16.8. The van der Waals surface area contributed by atoms with Gasteiger partial charge in [-0.2, -0.15) is 0 Å². The van der Waals surface area contributed by atoms with Crippen molar-refractivity contribution in [2.45, 2.75) is 16.2 Å². The monoisotopic (exact) mass is 341 g/mol. The van der Waals surface area contributed by atoms with Crippen LogP contribution in [0.2, 0.25) is 0 Å². The van der Waals surface area contributed by atoms with Crippen LogP contribution in [0.25, 0.3) is 0 Å². The lowest BCUT2D eigenvalue weighted by atomic mass is 9.93. The number of aliphatic hydroxyl groups is 1. The molecule has 1 saturated heterocycles. The average Bonchev–Trinajstić information content (AvgIpc) is 2.86. The standard InChI is InChI=1S/C18H15NO4S/c1-23-11-8-6-10(7-9-11)19-17(21)14-15(20)12-4-2-3-5-13(12)24-16(14)18(19)22/h2-9,14-16,20H,1H3/t14-,15+,16+/m1/s1. The molecule has 3 atom stereocenters. The van der Waals surface area contributed by atoms with E-state index in [4.69, 9.17) is 4.74 Å². The van der Waals surface area contributed by atoms with E-state index >= 15 is 0 Å². The van der Waals surface area contributed by atoms with Crippen molar-refractivity contribution in [3.05, 3.63) is 54.1 Å². The zero-order valence-electron chi connectivity index (χ0n) is 12.9. The first-order chi connectivity index (χ1) is 11.6. The smallest absolute Gasteiger partial charge is 0.248 e. The summed E-state index contributed by atoms with van der Waals surface area (Å²) in [5.74, 6) is -0.741. The van der Waals surface area contributed by atoms with Crippen molar-refractivity contribution < 1.29 is 19.4 Å². The highest BCUT2D eigenvalue weighted by Gasteiger charge is 2.54. The fourth-order valence-corrected chi connectivity index (χ4v) is 4.61. The van der Waals surface area contributed by atoms with Gasteiger partial charge >= 0.3 is 0 Å². The Morgan fingerprint density at radius 3 is 2.46 bits per heavy atom. The number of anilines is 1. The number of fused-ring (bicyclic) bond motifs is 2. The lowest BCUT2D eigenvalue weighted by Gasteiger charge is -2.28. The molecule has 0 radical (unpaired) electrons. The topological polar surface area (TPSA) is 66.8 Å². The second kappa shape index (κ2) is 5.65. The molecule has 2 amide bonds. The van der Waals surface area contributed by atoms with E-state index < -0.39 is 17.3 Å². The van der Waals surface area contributed by atoms with Crippen LogP contribution in [0.15, 0.2) is 53.4 Å². The summed E-state index contributed by atoms with van der Waals surface area (Å²) in [5, 5.41) is 10.0. The van der Waals surface area contributed by atoms with E-state index in [1.165, 1.54) is 16.7 Å². The van der Waals surface area contributed by atoms with Gasteiger partial charge in [0.15, 0.2) is 0 Å². The lowest BCUT2D eigenvalue weighted by Crippen LogP contribution is -2.32. The summed E-state index contributed by atoms with van der Waals surface area (Å²) in [4.78, 5) is 27.7. The summed E-state index contributed by atoms with van der Waals surface area (Å²) >= 11 is 1.35. The van der Waals surface area contributed by atoms with Crippen molar-refractivity contribution in [2.75, 3.05) is 12.0 Å². The average molecular weight is 341 g/mol. The molecule has 1 N–H and O–H groups in total. The molecule has 0 saturated carbocycles. The van der Waals surface area contributed by atoms with Crippen LogP contribution in [-0.2, 0) is 9.59 Å². The van der Waals surface area contributed by atoms with Gasteiger partial charge in [0.2, 0.25) is 11.8 Å². The maximum atomic E-state index is 12.8. The van der Waals surface area contributed by atoms with E-state index in [0.29, 0.717) is 17.0 Å². The van der Waals surface area contributed by atoms with Gasteiger partial charge in [-0.1, -0.05) is 18.2 Å². The van der Waals surface area contributed by atoms with Gasteiger partial charge in [0.05, 0.1) is 24.8 Å². The molecule has 0 unspecified atom stereocenters. The molecular weight excluding hydrogens is 326 g/mol. The predicted molar refractivity (Wildman–Crippen MR) is 90.0 cm³/mol. The SMILES string of the molecule is COc1ccc(N2C(=O)[C@H]3[C@H](Sc4ccccc4[C@@H]3O)C2=O)cc1. The number of amides is 2. The molecule has 0 spiro atoms. The number of hydrogen-bond acceptors (Lipinski definition) is 5. The van der Waals surface area contributed by atoms with Crippen LogP contribution < -0.4 is 9.64 Å². The van der Waals surface area contributed by atoms with Crippen molar-refractivity contribution in [3.8, 4) is 5.75 Å². The van der Waals surface area contributed by atoms with Crippen LogP contribution in [0.3, 0.4) is 0 Å². The van der Waals surface area contributed by atoms with Crippen molar-refractivity contribution >= 4 is 29.3 Å². The second-order valence-electron chi connectivity index (χ2n) is 5.76. The molecule has 24 heavy (non-hydrogen) atoms. The van der Waals surface area contributed by atoms with E-state index in [0.717, 1.165) is 4.90 Å². The number of carbonyl (C=O) groups excluding carboxylic acids is 2. The highest BCUT2D eigenvalue weighted by molar-refractivity contribution is 8.00. The maximum Gasteiger partial charge on any atom is 0.248 e. The third-order valence-corrected chi connectivity index (χ3v) is 5.83.